The third kappa shape index (κ3) is 4.37. The van der Waals surface area contributed by atoms with Gasteiger partial charge in [-0.1, -0.05) is 26.0 Å². The monoisotopic (exact) mass is 251 g/mol. The van der Waals surface area contributed by atoms with Crippen LogP contribution in [0, 0.1) is 0 Å². The molecular weight excluding hydrogens is 230 g/mol. The summed E-state index contributed by atoms with van der Waals surface area (Å²) in [5.74, 6) is -0.510. The fourth-order valence-electron chi connectivity index (χ4n) is 1.80. The van der Waals surface area contributed by atoms with Crippen LogP contribution in [0.25, 0.3) is 0 Å². The number of para-hydroxylation sites is 1. The summed E-state index contributed by atoms with van der Waals surface area (Å²) in [6.07, 6.45) is 1.11. The van der Waals surface area contributed by atoms with E-state index in [2.05, 4.69) is 18.7 Å². The van der Waals surface area contributed by atoms with Crippen LogP contribution in [0.15, 0.2) is 24.3 Å². The number of hydrogen-bond donors (Lipinski definition) is 1. The van der Waals surface area contributed by atoms with E-state index in [1.165, 1.54) is 0 Å². The number of rotatable bonds is 8. The van der Waals surface area contributed by atoms with Crippen LogP contribution in [-0.2, 0) is 0 Å². The zero-order chi connectivity index (χ0) is 13.4. The van der Waals surface area contributed by atoms with E-state index in [1.54, 1.807) is 24.3 Å². The van der Waals surface area contributed by atoms with Crippen LogP contribution < -0.4 is 4.74 Å². The first kappa shape index (κ1) is 14.5. The van der Waals surface area contributed by atoms with E-state index in [0.717, 1.165) is 26.1 Å². The summed E-state index contributed by atoms with van der Waals surface area (Å²) in [6.45, 7) is 7.61. The zero-order valence-corrected chi connectivity index (χ0v) is 11.1. The summed E-state index contributed by atoms with van der Waals surface area (Å²) in [7, 11) is 0. The topological polar surface area (TPSA) is 49.8 Å². The highest BCUT2D eigenvalue weighted by Crippen LogP contribution is 2.17. The van der Waals surface area contributed by atoms with Gasteiger partial charge in [-0.15, -0.1) is 0 Å². The number of carbonyl (C=O) groups is 1. The minimum Gasteiger partial charge on any atom is -0.491 e. The van der Waals surface area contributed by atoms with Gasteiger partial charge in [0.2, 0.25) is 0 Å². The number of likely N-dealkylation sites (N-methyl/N-ethyl adjacent to an activating group) is 1. The lowest BCUT2D eigenvalue weighted by molar-refractivity contribution is 0.0691. The average Bonchev–Trinajstić information content (AvgIpc) is 2.38. The summed E-state index contributed by atoms with van der Waals surface area (Å²) in [4.78, 5) is 13.3. The van der Waals surface area contributed by atoms with Gasteiger partial charge >= 0.3 is 5.97 Å². The second kappa shape index (κ2) is 7.71. The summed E-state index contributed by atoms with van der Waals surface area (Å²) in [5, 5.41) is 9.01. The van der Waals surface area contributed by atoms with E-state index in [9.17, 15) is 4.79 Å². The van der Waals surface area contributed by atoms with Crippen LogP contribution >= 0.6 is 0 Å². The Hall–Kier alpha value is -1.55. The Kier molecular flexibility index (Phi) is 6.22. The number of benzene rings is 1. The van der Waals surface area contributed by atoms with Crippen LogP contribution in [0.5, 0.6) is 5.75 Å². The molecule has 100 valence electrons. The summed E-state index contributed by atoms with van der Waals surface area (Å²) in [6, 6.07) is 6.73. The van der Waals surface area contributed by atoms with Gasteiger partial charge in [-0.25, -0.2) is 4.79 Å². The largest absolute Gasteiger partial charge is 0.491 e. The van der Waals surface area contributed by atoms with Gasteiger partial charge in [0.25, 0.3) is 0 Å². The Balaban J connectivity index is 2.50. The maximum absolute atomic E-state index is 11.0. The lowest BCUT2D eigenvalue weighted by Crippen LogP contribution is -2.29. The third-order valence-electron chi connectivity index (χ3n) is 2.77. The molecule has 0 aliphatic carbocycles. The van der Waals surface area contributed by atoms with Crippen LogP contribution in [0.1, 0.15) is 30.6 Å². The number of ether oxygens (including phenoxy) is 1. The first-order valence-corrected chi connectivity index (χ1v) is 6.36. The molecule has 1 aromatic carbocycles. The quantitative estimate of drug-likeness (QED) is 0.771. The second-order valence-corrected chi connectivity index (χ2v) is 4.08. The number of nitrogens with zero attached hydrogens (tertiary/aromatic N) is 1. The fraction of sp³-hybridized carbons (Fsp3) is 0.500. The molecule has 0 saturated carbocycles. The van der Waals surface area contributed by atoms with E-state index in [-0.39, 0.29) is 5.56 Å². The number of carboxylic acid groups (broad SMARTS) is 1. The van der Waals surface area contributed by atoms with Gasteiger partial charge in [-0.05, 0) is 31.6 Å². The van der Waals surface area contributed by atoms with Crippen molar-refractivity contribution in [3.8, 4) is 5.75 Å². The van der Waals surface area contributed by atoms with Gasteiger partial charge in [-0.3, -0.25) is 0 Å². The molecule has 0 bridgehead atoms. The van der Waals surface area contributed by atoms with Crippen molar-refractivity contribution in [2.75, 3.05) is 26.2 Å². The minimum absolute atomic E-state index is 0.219. The maximum atomic E-state index is 11.0. The van der Waals surface area contributed by atoms with Gasteiger partial charge in [-0.2, -0.15) is 0 Å². The lowest BCUT2D eigenvalue weighted by atomic mass is 10.2. The van der Waals surface area contributed by atoms with Crippen molar-refractivity contribution in [3.63, 3.8) is 0 Å². The van der Waals surface area contributed by atoms with Crippen molar-refractivity contribution in [2.45, 2.75) is 20.3 Å². The fourth-order valence-corrected chi connectivity index (χ4v) is 1.80. The van der Waals surface area contributed by atoms with Gasteiger partial charge in [0.15, 0.2) is 0 Å². The molecule has 0 unspecified atom stereocenters. The van der Waals surface area contributed by atoms with Gasteiger partial charge in [0.1, 0.15) is 17.9 Å². The van der Waals surface area contributed by atoms with E-state index < -0.39 is 5.97 Å². The Morgan fingerprint density at radius 3 is 2.61 bits per heavy atom. The van der Waals surface area contributed by atoms with Crippen LogP contribution in [0.3, 0.4) is 0 Å². The van der Waals surface area contributed by atoms with Crippen molar-refractivity contribution < 1.29 is 14.6 Å². The van der Waals surface area contributed by atoms with E-state index in [4.69, 9.17) is 9.84 Å². The van der Waals surface area contributed by atoms with Gasteiger partial charge in [0.05, 0.1) is 0 Å². The van der Waals surface area contributed by atoms with Gasteiger partial charge < -0.3 is 14.7 Å². The highest BCUT2D eigenvalue weighted by atomic mass is 16.5. The van der Waals surface area contributed by atoms with Crippen LogP contribution in [0.2, 0.25) is 0 Å². The number of hydrogen-bond acceptors (Lipinski definition) is 3. The lowest BCUT2D eigenvalue weighted by Gasteiger charge is -2.19. The molecule has 1 N–H and O–H groups in total. The van der Waals surface area contributed by atoms with Crippen molar-refractivity contribution in [1.29, 1.82) is 0 Å². The Bertz CT molecular complexity index is 379. The molecule has 4 nitrogen and oxygen atoms in total. The molecule has 0 aliphatic rings. The SMILES string of the molecule is CCCN(CC)CCOc1ccccc1C(=O)O. The molecule has 0 amide bonds. The molecule has 18 heavy (non-hydrogen) atoms. The Morgan fingerprint density at radius 2 is 2.00 bits per heavy atom. The van der Waals surface area contributed by atoms with Gasteiger partial charge in [0, 0.05) is 6.54 Å². The molecule has 1 rings (SSSR count). The molecule has 0 heterocycles. The Morgan fingerprint density at radius 1 is 1.28 bits per heavy atom. The zero-order valence-electron chi connectivity index (χ0n) is 11.1. The maximum Gasteiger partial charge on any atom is 0.339 e. The van der Waals surface area contributed by atoms with E-state index in [0.29, 0.717) is 12.4 Å². The predicted molar refractivity (Wildman–Crippen MR) is 71.3 cm³/mol. The Labute approximate surface area is 108 Å². The smallest absolute Gasteiger partial charge is 0.339 e. The first-order valence-electron chi connectivity index (χ1n) is 6.36. The first-order chi connectivity index (χ1) is 8.69. The highest BCUT2D eigenvalue weighted by Gasteiger charge is 2.10. The van der Waals surface area contributed by atoms with Crippen molar-refractivity contribution in [1.82, 2.24) is 4.90 Å². The predicted octanol–water partition coefficient (Wildman–Crippen LogP) is 2.50. The van der Waals surface area contributed by atoms with E-state index >= 15 is 0 Å². The van der Waals surface area contributed by atoms with Crippen LogP contribution in [0.4, 0.5) is 0 Å². The third-order valence-corrected chi connectivity index (χ3v) is 2.77. The molecule has 0 aliphatic heterocycles. The highest BCUT2D eigenvalue weighted by molar-refractivity contribution is 5.90. The summed E-state index contributed by atoms with van der Waals surface area (Å²) >= 11 is 0. The normalized spacial score (nSPS) is 10.6. The van der Waals surface area contributed by atoms with Crippen molar-refractivity contribution >= 4 is 5.97 Å². The molecule has 0 radical (unpaired) electrons. The number of aromatic carboxylic acids is 1. The average molecular weight is 251 g/mol. The second-order valence-electron chi connectivity index (χ2n) is 4.08. The standard InChI is InChI=1S/C14H21NO3/c1-3-9-15(4-2)10-11-18-13-8-6-5-7-12(13)14(16)17/h5-8H,3-4,9-11H2,1-2H3,(H,16,17). The van der Waals surface area contributed by atoms with E-state index in [1.807, 2.05) is 0 Å². The van der Waals surface area contributed by atoms with Crippen LogP contribution in [-0.4, -0.2) is 42.2 Å². The van der Waals surface area contributed by atoms with Crippen molar-refractivity contribution in [2.24, 2.45) is 0 Å². The molecule has 0 spiro atoms. The summed E-state index contributed by atoms with van der Waals surface area (Å²) < 4.78 is 5.55. The molecule has 0 atom stereocenters. The molecule has 0 fully saturated rings. The molecule has 0 saturated heterocycles. The molecular formula is C14H21NO3. The molecule has 0 aromatic heterocycles. The molecule has 1 aromatic rings. The summed E-state index contributed by atoms with van der Waals surface area (Å²) in [5.41, 5.74) is 0.219. The van der Waals surface area contributed by atoms with Crippen molar-refractivity contribution in [3.05, 3.63) is 29.8 Å². The molecule has 4 heteroatoms. The number of carboxylic acids is 1. The minimum atomic E-state index is -0.952.